The van der Waals surface area contributed by atoms with E-state index in [0.29, 0.717) is 0 Å². The number of rotatable bonds is 2. The molecule has 0 spiro atoms. The molecular weight excluding hydrogens is 196 g/mol. The zero-order valence-electron chi connectivity index (χ0n) is 10.5. The highest BCUT2D eigenvalue weighted by Crippen LogP contribution is 2.58. The van der Waals surface area contributed by atoms with Crippen molar-refractivity contribution in [2.24, 2.45) is 10.8 Å². The summed E-state index contributed by atoms with van der Waals surface area (Å²) in [7, 11) is 0. The molecule has 1 saturated carbocycles. The van der Waals surface area contributed by atoms with Crippen molar-refractivity contribution in [1.29, 1.82) is 0 Å². The van der Waals surface area contributed by atoms with Crippen LogP contribution >= 0.6 is 0 Å². The summed E-state index contributed by atoms with van der Waals surface area (Å²) >= 11 is 0. The summed E-state index contributed by atoms with van der Waals surface area (Å²) in [5, 5.41) is 0. The quantitative estimate of drug-likeness (QED) is 0.505. The summed E-state index contributed by atoms with van der Waals surface area (Å²) in [6.07, 6.45) is 9.93. The number of carbonyl (C=O) groups excluding carboxylic acids is 1. The topological polar surface area (TPSA) is 17.1 Å². The maximum Gasteiger partial charge on any atom is 0.127 e. The molecule has 2 atom stereocenters. The van der Waals surface area contributed by atoms with E-state index in [1.54, 1.807) is 0 Å². The van der Waals surface area contributed by atoms with Gasteiger partial charge < -0.3 is 4.79 Å². The van der Waals surface area contributed by atoms with Gasteiger partial charge in [-0.2, -0.15) is 0 Å². The van der Waals surface area contributed by atoms with Gasteiger partial charge in [0.2, 0.25) is 0 Å². The zero-order valence-corrected chi connectivity index (χ0v) is 10.5. The van der Waals surface area contributed by atoms with Gasteiger partial charge in [0.1, 0.15) is 6.29 Å². The second kappa shape index (κ2) is 3.87. The van der Waals surface area contributed by atoms with Crippen LogP contribution in [0.25, 0.3) is 0 Å². The molecule has 2 aliphatic carbocycles. The highest BCUT2D eigenvalue weighted by molar-refractivity contribution is 5.64. The predicted molar refractivity (Wildman–Crippen MR) is 67.2 cm³/mol. The summed E-state index contributed by atoms with van der Waals surface area (Å²) in [5.41, 5.74) is 2.61. The Kier molecular flexibility index (Phi) is 2.81. The van der Waals surface area contributed by atoms with Crippen molar-refractivity contribution in [2.45, 2.75) is 52.4 Å². The highest BCUT2D eigenvalue weighted by Gasteiger charge is 2.51. The van der Waals surface area contributed by atoms with Crippen LogP contribution in [0.3, 0.4) is 0 Å². The van der Waals surface area contributed by atoms with Crippen molar-refractivity contribution in [3.05, 3.63) is 23.8 Å². The average Bonchev–Trinajstić information content (AvgIpc) is 2.62. The molecule has 16 heavy (non-hydrogen) atoms. The first-order valence-corrected chi connectivity index (χ1v) is 6.34. The van der Waals surface area contributed by atoms with Gasteiger partial charge in [0, 0.05) is 10.8 Å². The molecule has 0 amide bonds. The minimum Gasteiger partial charge on any atom is -0.303 e. The Morgan fingerprint density at radius 3 is 2.56 bits per heavy atom. The molecule has 0 radical (unpaired) electrons. The molecule has 0 N–H and O–H groups in total. The molecule has 0 saturated heterocycles. The van der Waals surface area contributed by atoms with Gasteiger partial charge in [-0.3, -0.25) is 0 Å². The minimum atomic E-state index is -0.167. The Morgan fingerprint density at radius 2 is 2.12 bits per heavy atom. The molecule has 1 heteroatoms. The van der Waals surface area contributed by atoms with E-state index in [0.717, 1.165) is 32.1 Å². The monoisotopic (exact) mass is 218 g/mol. The van der Waals surface area contributed by atoms with Crippen LogP contribution in [0.5, 0.6) is 0 Å². The Balaban J connectivity index is 2.35. The van der Waals surface area contributed by atoms with E-state index in [1.807, 2.05) is 0 Å². The number of hydrogen-bond donors (Lipinski definition) is 0. The molecule has 0 aromatic rings. The van der Waals surface area contributed by atoms with Crippen LogP contribution in [0.2, 0.25) is 0 Å². The normalized spacial score (nSPS) is 39.6. The molecule has 88 valence electrons. The van der Waals surface area contributed by atoms with Gasteiger partial charge in [-0.1, -0.05) is 30.7 Å². The van der Waals surface area contributed by atoms with Gasteiger partial charge in [-0.15, -0.1) is 0 Å². The summed E-state index contributed by atoms with van der Waals surface area (Å²) in [6.45, 7) is 8.64. The summed E-state index contributed by atoms with van der Waals surface area (Å²) in [6, 6.07) is 0. The fourth-order valence-corrected chi connectivity index (χ4v) is 3.43. The van der Waals surface area contributed by atoms with E-state index in [1.165, 1.54) is 23.9 Å². The fraction of sp³-hybridized carbons (Fsp3) is 0.667. The average molecular weight is 218 g/mol. The van der Waals surface area contributed by atoms with Gasteiger partial charge in [-0.25, -0.2) is 0 Å². The smallest absolute Gasteiger partial charge is 0.127 e. The van der Waals surface area contributed by atoms with Gasteiger partial charge in [0.25, 0.3) is 0 Å². The molecule has 0 aromatic heterocycles. The number of carbonyl (C=O) groups is 1. The first-order valence-electron chi connectivity index (χ1n) is 6.34. The first kappa shape index (κ1) is 11.6. The van der Waals surface area contributed by atoms with Gasteiger partial charge in [0.05, 0.1) is 0 Å². The van der Waals surface area contributed by atoms with Crippen LogP contribution in [0.1, 0.15) is 52.4 Å². The largest absolute Gasteiger partial charge is 0.303 e. The van der Waals surface area contributed by atoms with Gasteiger partial charge >= 0.3 is 0 Å². The molecule has 1 fully saturated rings. The molecule has 0 aromatic carbocycles. The highest BCUT2D eigenvalue weighted by atomic mass is 16.1. The lowest BCUT2D eigenvalue weighted by atomic mass is 9.57. The third-order valence-electron chi connectivity index (χ3n) is 5.04. The Morgan fingerprint density at radius 1 is 1.38 bits per heavy atom. The molecule has 1 nitrogen and oxygen atoms in total. The second-order valence-corrected chi connectivity index (χ2v) is 5.82. The molecule has 0 heterocycles. The standard InChI is InChI=1S/C15H22O/c1-12-6-9-15(11-16,10-7-12)14(3)8-4-5-13(14)2/h6,11H,2,4-5,7-10H2,1,3H3/t14-,15+/m0/s1. The van der Waals surface area contributed by atoms with Crippen LogP contribution in [-0.2, 0) is 4.79 Å². The van der Waals surface area contributed by atoms with E-state index < -0.39 is 0 Å². The van der Waals surface area contributed by atoms with Crippen molar-refractivity contribution in [2.75, 3.05) is 0 Å². The van der Waals surface area contributed by atoms with E-state index in [4.69, 9.17) is 0 Å². The maximum absolute atomic E-state index is 11.7. The van der Waals surface area contributed by atoms with E-state index >= 15 is 0 Å². The van der Waals surface area contributed by atoms with E-state index in [9.17, 15) is 4.79 Å². The molecule has 2 aliphatic rings. The van der Waals surface area contributed by atoms with Crippen LogP contribution in [0.4, 0.5) is 0 Å². The summed E-state index contributed by atoms with van der Waals surface area (Å²) < 4.78 is 0. The lowest BCUT2D eigenvalue weighted by Crippen LogP contribution is -2.41. The lowest BCUT2D eigenvalue weighted by molar-refractivity contribution is -0.122. The Labute approximate surface area is 98.6 Å². The van der Waals surface area contributed by atoms with Crippen molar-refractivity contribution in [3.63, 3.8) is 0 Å². The molecule has 2 rings (SSSR count). The summed E-state index contributed by atoms with van der Waals surface area (Å²) in [4.78, 5) is 11.7. The maximum atomic E-state index is 11.7. The van der Waals surface area contributed by atoms with E-state index in [-0.39, 0.29) is 10.8 Å². The van der Waals surface area contributed by atoms with Gasteiger partial charge in [-0.05, 0) is 45.4 Å². The van der Waals surface area contributed by atoms with Crippen molar-refractivity contribution >= 4 is 6.29 Å². The zero-order chi connectivity index (χ0) is 11.8. The number of aldehydes is 1. The Hall–Kier alpha value is -0.850. The van der Waals surface area contributed by atoms with Crippen LogP contribution < -0.4 is 0 Å². The summed E-state index contributed by atoms with van der Waals surface area (Å²) in [5.74, 6) is 0. The van der Waals surface area contributed by atoms with E-state index in [2.05, 4.69) is 26.5 Å². The molecular formula is C15H22O. The molecule has 0 aliphatic heterocycles. The van der Waals surface area contributed by atoms with Crippen LogP contribution in [0, 0.1) is 10.8 Å². The van der Waals surface area contributed by atoms with Gasteiger partial charge in [0.15, 0.2) is 0 Å². The molecule has 0 bridgehead atoms. The lowest BCUT2D eigenvalue weighted by Gasteiger charge is -2.45. The SMILES string of the molecule is C=C1CCC[C@]1(C)[C@]1(C=O)CC=C(C)CC1. The fourth-order valence-electron chi connectivity index (χ4n) is 3.43. The van der Waals surface area contributed by atoms with Crippen LogP contribution in [0.15, 0.2) is 23.8 Å². The number of hydrogen-bond acceptors (Lipinski definition) is 1. The number of allylic oxidation sites excluding steroid dienone is 3. The minimum absolute atomic E-state index is 0.0476. The van der Waals surface area contributed by atoms with Crippen molar-refractivity contribution < 1.29 is 4.79 Å². The Bertz CT molecular complexity index is 352. The predicted octanol–water partition coefficient (Wildman–Crippen LogP) is 4.05. The van der Waals surface area contributed by atoms with Crippen molar-refractivity contribution in [1.82, 2.24) is 0 Å². The van der Waals surface area contributed by atoms with Crippen LogP contribution in [-0.4, -0.2) is 6.29 Å². The second-order valence-electron chi connectivity index (χ2n) is 5.82. The first-order chi connectivity index (χ1) is 7.54. The molecule has 0 unspecified atom stereocenters. The third kappa shape index (κ3) is 1.49. The van der Waals surface area contributed by atoms with Crippen molar-refractivity contribution in [3.8, 4) is 0 Å². The third-order valence-corrected chi connectivity index (χ3v) is 5.04.